The minimum atomic E-state index is -0.134. The minimum absolute atomic E-state index is 0. The number of halogens is 1. The van der Waals surface area contributed by atoms with Crippen LogP contribution in [0.15, 0.2) is 30.3 Å². The monoisotopic (exact) mass is 337 g/mol. The smallest absolute Gasteiger partial charge is 0.239 e. The summed E-state index contributed by atoms with van der Waals surface area (Å²) in [5.74, 6) is -0.255. The number of nitrogens with one attached hydrogen (secondary N) is 2. The zero-order valence-electron chi connectivity index (χ0n) is 13.1. The highest BCUT2D eigenvalue weighted by atomic mass is 35.5. The molecule has 4 N–H and O–H groups in total. The first-order valence-corrected chi connectivity index (χ1v) is 7.96. The molecule has 1 spiro atoms. The number of rotatable bonds is 5. The maximum Gasteiger partial charge on any atom is 0.239 e. The highest BCUT2D eigenvalue weighted by molar-refractivity contribution is 5.86. The topological polar surface area (TPSA) is 84.2 Å². The Bertz CT molecular complexity index is 560. The van der Waals surface area contributed by atoms with Gasteiger partial charge < -0.3 is 16.4 Å². The molecular weight excluding hydrogens is 314 g/mol. The molecule has 0 saturated heterocycles. The molecule has 2 saturated carbocycles. The molecule has 23 heavy (non-hydrogen) atoms. The predicted molar refractivity (Wildman–Crippen MR) is 91.2 cm³/mol. The summed E-state index contributed by atoms with van der Waals surface area (Å²) in [6, 6.07) is 9.91. The Hall–Kier alpha value is -1.59. The lowest BCUT2D eigenvalue weighted by Crippen LogP contribution is -2.70. The molecule has 0 bridgehead atoms. The zero-order chi connectivity index (χ0) is 15.6. The lowest BCUT2D eigenvalue weighted by Gasteiger charge is -2.60. The van der Waals surface area contributed by atoms with Crippen LogP contribution >= 0.6 is 12.4 Å². The van der Waals surface area contributed by atoms with E-state index in [0.717, 1.165) is 24.8 Å². The van der Waals surface area contributed by atoms with Gasteiger partial charge >= 0.3 is 0 Å². The summed E-state index contributed by atoms with van der Waals surface area (Å²) in [7, 11) is 0. The predicted octanol–water partition coefficient (Wildman–Crippen LogP) is 1.15. The number of carbonyl (C=O) groups is 2. The molecular formula is C17H24ClN3O2. The highest BCUT2D eigenvalue weighted by Crippen LogP contribution is 2.54. The van der Waals surface area contributed by atoms with E-state index < -0.39 is 0 Å². The number of hydrogen-bond donors (Lipinski definition) is 3. The molecule has 126 valence electrons. The fourth-order valence-corrected chi connectivity index (χ4v) is 3.60. The first kappa shape index (κ1) is 17.8. The quantitative estimate of drug-likeness (QED) is 0.753. The van der Waals surface area contributed by atoms with Crippen molar-refractivity contribution in [2.45, 2.75) is 44.2 Å². The van der Waals surface area contributed by atoms with E-state index in [2.05, 4.69) is 10.6 Å². The van der Waals surface area contributed by atoms with Crippen LogP contribution in [0.1, 0.15) is 31.2 Å². The molecule has 6 heteroatoms. The number of amides is 2. The van der Waals surface area contributed by atoms with Gasteiger partial charge in [-0.3, -0.25) is 9.59 Å². The van der Waals surface area contributed by atoms with Crippen LogP contribution < -0.4 is 16.4 Å². The second kappa shape index (κ2) is 7.32. The number of carbonyl (C=O) groups excluding carboxylic acids is 2. The first-order chi connectivity index (χ1) is 10.6. The van der Waals surface area contributed by atoms with Crippen LogP contribution in [0.2, 0.25) is 0 Å². The standard InChI is InChI=1S/C17H23N3O2.ClH/c18-13-10-14(17(13)7-4-8-17)20-16(22)11-19-15(21)9-12-5-2-1-3-6-12;/h1-3,5-6,13-14H,4,7-11,18H2,(H,19,21)(H,20,22);1H. The van der Waals surface area contributed by atoms with E-state index in [1.165, 1.54) is 6.42 Å². The largest absolute Gasteiger partial charge is 0.351 e. The molecule has 2 fully saturated rings. The van der Waals surface area contributed by atoms with Crippen molar-refractivity contribution in [3.8, 4) is 0 Å². The van der Waals surface area contributed by atoms with Crippen LogP contribution in [-0.4, -0.2) is 30.4 Å². The molecule has 0 aliphatic heterocycles. The number of nitrogens with two attached hydrogens (primary N) is 1. The van der Waals surface area contributed by atoms with E-state index in [9.17, 15) is 9.59 Å². The van der Waals surface area contributed by atoms with E-state index >= 15 is 0 Å². The molecule has 1 aromatic rings. The van der Waals surface area contributed by atoms with Gasteiger partial charge in [0.1, 0.15) is 0 Å². The van der Waals surface area contributed by atoms with Crippen molar-refractivity contribution in [3.05, 3.63) is 35.9 Å². The lowest BCUT2D eigenvalue weighted by molar-refractivity contribution is -0.129. The van der Waals surface area contributed by atoms with Crippen molar-refractivity contribution in [3.63, 3.8) is 0 Å². The number of benzene rings is 1. The maximum atomic E-state index is 12.0. The Morgan fingerprint density at radius 2 is 1.87 bits per heavy atom. The van der Waals surface area contributed by atoms with E-state index in [0.29, 0.717) is 6.42 Å². The fraction of sp³-hybridized carbons (Fsp3) is 0.529. The summed E-state index contributed by atoms with van der Waals surface area (Å²) < 4.78 is 0. The van der Waals surface area contributed by atoms with E-state index in [-0.39, 0.29) is 48.3 Å². The van der Waals surface area contributed by atoms with Crippen LogP contribution in [-0.2, 0) is 16.0 Å². The molecule has 5 nitrogen and oxygen atoms in total. The van der Waals surface area contributed by atoms with Gasteiger partial charge in [0.2, 0.25) is 11.8 Å². The van der Waals surface area contributed by atoms with Crippen molar-refractivity contribution in [2.24, 2.45) is 11.1 Å². The van der Waals surface area contributed by atoms with Crippen LogP contribution in [0.25, 0.3) is 0 Å². The summed E-state index contributed by atoms with van der Waals surface area (Å²) in [5.41, 5.74) is 7.16. The Morgan fingerprint density at radius 3 is 2.43 bits per heavy atom. The molecule has 0 heterocycles. The average Bonchev–Trinajstić information content (AvgIpc) is 2.44. The Labute approximate surface area is 142 Å². The minimum Gasteiger partial charge on any atom is -0.351 e. The molecule has 2 amide bonds. The Balaban J connectivity index is 0.00000192. The molecule has 2 atom stereocenters. The van der Waals surface area contributed by atoms with Gasteiger partial charge in [-0.05, 0) is 24.8 Å². The number of hydrogen-bond acceptors (Lipinski definition) is 3. The Kier molecular flexibility index (Phi) is 5.65. The molecule has 2 unspecified atom stereocenters. The normalized spacial score (nSPS) is 23.9. The first-order valence-electron chi connectivity index (χ1n) is 7.96. The maximum absolute atomic E-state index is 12.0. The molecule has 3 rings (SSSR count). The van der Waals surface area contributed by atoms with Gasteiger partial charge in [0.25, 0.3) is 0 Å². The van der Waals surface area contributed by atoms with Gasteiger partial charge in [-0.15, -0.1) is 12.4 Å². The molecule has 2 aliphatic carbocycles. The second-order valence-corrected chi connectivity index (χ2v) is 6.49. The summed E-state index contributed by atoms with van der Waals surface area (Å²) in [5, 5.41) is 5.70. The van der Waals surface area contributed by atoms with Crippen molar-refractivity contribution in [1.82, 2.24) is 10.6 Å². The summed E-state index contributed by atoms with van der Waals surface area (Å²) in [4.78, 5) is 23.8. The van der Waals surface area contributed by atoms with Gasteiger partial charge in [0, 0.05) is 17.5 Å². The van der Waals surface area contributed by atoms with Crippen molar-refractivity contribution in [2.75, 3.05) is 6.54 Å². The SMILES string of the molecule is Cl.NC1CC(NC(=O)CNC(=O)Cc2ccccc2)C12CCC2. The van der Waals surface area contributed by atoms with E-state index in [1.807, 2.05) is 30.3 Å². The van der Waals surface area contributed by atoms with Gasteiger partial charge in [0.15, 0.2) is 0 Å². The van der Waals surface area contributed by atoms with E-state index in [1.54, 1.807) is 0 Å². The Morgan fingerprint density at radius 1 is 1.17 bits per heavy atom. The third-order valence-electron chi connectivity index (χ3n) is 5.20. The van der Waals surface area contributed by atoms with Crippen LogP contribution in [0.3, 0.4) is 0 Å². The van der Waals surface area contributed by atoms with Crippen LogP contribution in [0.4, 0.5) is 0 Å². The van der Waals surface area contributed by atoms with Gasteiger partial charge in [-0.25, -0.2) is 0 Å². The van der Waals surface area contributed by atoms with E-state index in [4.69, 9.17) is 5.73 Å². The zero-order valence-corrected chi connectivity index (χ0v) is 13.9. The van der Waals surface area contributed by atoms with Crippen molar-refractivity contribution >= 4 is 24.2 Å². The van der Waals surface area contributed by atoms with Crippen molar-refractivity contribution in [1.29, 1.82) is 0 Å². The van der Waals surface area contributed by atoms with Gasteiger partial charge in [0.05, 0.1) is 13.0 Å². The van der Waals surface area contributed by atoms with Gasteiger partial charge in [-0.1, -0.05) is 36.8 Å². The third-order valence-corrected chi connectivity index (χ3v) is 5.20. The van der Waals surface area contributed by atoms with Gasteiger partial charge in [-0.2, -0.15) is 0 Å². The molecule has 0 aromatic heterocycles. The molecule has 1 aromatic carbocycles. The second-order valence-electron chi connectivity index (χ2n) is 6.49. The van der Waals surface area contributed by atoms with Crippen LogP contribution in [0.5, 0.6) is 0 Å². The fourth-order valence-electron chi connectivity index (χ4n) is 3.60. The third kappa shape index (κ3) is 3.67. The molecule has 2 aliphatic rings. The van der Waals surface area contributed by atoms with Crippen molar-refractivity contribution < 1.29 is 9.59 Å². The average molecular weight is 338 g/mol. The summed E-state index contributed by atoms with van der Waals surface area (Å²) in [6.07, 6.45) is 4.57. The molecule has 0 radical (unpaired) electrons. The van der Waals surface area contributed by atoms with Crippen LogP contribution in [0, 0.1) is 5.41 Å². The summed E-state index contributed by atoms with van der Waals surface area (Å²) in [6.45, 7) is 0.0352. The lowest BCUT2D eigenvalue weighted by atomic mass is 9.50. The summed E-state index contributed by atoms with van der Waals surface area (Å²) >= 11 is 0. The highest BCUT2D eigenvalue weighted by Gasteiger charge is 2.56.